The number of hydrogen-bond donors (Lipinski definition) is 0. The molecule has 96 valence electrons. The molecule has 0 rings (SSSR count). The summed E-state index contributed by atoms with van der Waals surface area (Å²) in [6, 6.07) is 0. The van der Waals surface area contributed by atoms with Crippen LogP contribution in [0.5, 0.6) is 0 Å². The topological polar surface area (TPSA) is 26.3 Å². The fraction of sp³-hybridized carbons (Fsp3) is 0.929. The molecule has 2 nitrogen and oxygen atoms in total. The molecule has 0 aromatic heterocycles. The minimum absolute atomic E-state index is 0.0311. The summed E-state index contributed by atoms with van der Waals surface area (Å²) in [4.78, 5) is 11.5. The molecule has 2 unspecified atom stereocenters. The van der Waals surface area contributed by atoms with E-state index < -0.39 is 0 Å². The van der Waals surface area contributed by atoms with Gasteiger partial charge in [0.15, 0.2) is 0 Å². The molecule has 0 fully saturated rings. The zero-order valence-corrected chi connectivity index (χ0v) is 11.4. The van der Waals surface area contributed by atoms with E-state index in [1.54, 1.807) is 0 Å². The van der Waals surface area contributed by atoms with E-state index in [-0.39, 0.29) is 11.9 Å². The number of hydrogen-bond acceptors (Lipinski definition) is 2. The van der Waals surface area contributed by atoms with Crippen LogP contribution in [0.3, 0.4) is 0 Å². The van der Waals surface area contributed by atoms with Gasteiger partial charge in [-0.05, 0) is 18.8 Å². The van der Waals surface area contributed by atoms with Crippen LogP contribution in [0.4, 0.5) is 0 Å². The van der Waals surface area contributed by atoms with Crippen molar-refractivity contribution in [1.29, 1.82) is 0 Å². The van der Waals surface area contributed by atoms with E-state index in [2.05, 4.69) is 13.8 Å². The van der Waals surface area contributed by atoms with Crippen LogP contribution in [0.15, 0.2) is 0 Å². The van der Waals surface area contributed by atoms with Gasteiger partial charge in [0.2, 0.25) is 0 Å². The van der Waals surface area contributed by atoms with Gasteiger partial charge in [-0.25, -0.2) is 0 Å². The highest BCUT2D eigenvalue weighted by atomic mass is 16.5. The molecule has 0 saturated carbocycles. The van der Waals surface area contributed by atoms with Crippen LogP contribution in [0.2, 0.25) is 0 Å². The summed E-state index contributed by atoms with van der Waals surface area (Å²) < 4.78 is 5.34. The summed E-state index contributed by atoms with van der Waals surface area (Å²) in [5.74, 6) is 0.573. The zero-order valence-electron chi connectivity index (χ0n) is 11.4. The molecule has 2 heteroatoms. The highest BCUT2D eigenvalue weighted by molar-refractivity contribution is 5.71. The Morgan fingerprint density at radius 2 is 1.81 bits per heavy atom. The van der Waals surface area contributed by atoms with Gasteiger partial charge in [0.25, 0.3) is 0 Å². The number of rotatable bonds is 9. The quantitative estimate of drug-likeness (QED) is 0.437. The summed E-state index contributed by atoms with van der Waals surface area (Å²) in [5, 5.41) is 0. The number of carbonyl (C=O) groups excluding carboxylic acids is 1. The van der Waals surface area contributed by atoms with Crippen molar-refractivity contribution < 1.29 is 9.53 Å². The molecule has 0 spiro atoms. The Kier molecular flexibility index (Phi) is 9.36. The average Bonchev–Trinajstić information content (AvgIpc) is 2.32. The average molecular weight is 228 g/mol. The second-order valence-electron chi connectivity index (χ2n) is 4.71. The fourth-order valence-electron chi connectivity index (χ4n) is 1.60. The lowest BCUT2D eigenvalue weighted by atomic mass is 9.99. The maximum absolute atomic E-state index is 11.5. The van der Waals surface area contributed by atoms with Crippen molar-refractivity contribution in [2.75, 3.05) is 6.61 Å². The van der Waals surface area contributed by atoms with Gasteiger partial charge in [-0.2, -0.15) is 0 Å². The summed E-state index contributed by atoms with van der Waals surface area (Å²) >= 11 is 0. The largest absolute Gasteiger partial charge is 0.465 e. The molecule has 0 aromatic carbocycles. The van der Waals surface area contributed by atoms with Crippen LogP contribution >= 0.6 is 0 Å². The molecule has 0 aliphatic rings. The highest BCUT2D eigenvalue weighted by Crippen LogP contribution is 2.15. The van der Waals surface area contributed by atoms with Gasteiger partial charge in [-0.1, -0.05) is 53.4 Å². The first-order valence-electron chi connectivity index (χ1n) is 6.82. The van der Waals surface area contributed by atoms with Crippen molar-refractivity contribution in [2.45, 2.75) is 66.2 Å². The number of carbonyl (C=O) groups is 1. The number of ether oxygens (including phenoxy) is 1. The van der Waals surface area contributed by atoms with Crippen LogP contribution in [-0.4, -0.2) is 12.6 Å². The van der Waals surface area contributed by atoms with Crippen molar-refractivity contribution >= 4 is 5.97 Å². The normalized spacial score (nSPS) is 14.5. The SMILES string of the molecule is CCCCCC(CC)COC(=O)C(C)CC. The van der Waals surface area contributed by atoms with E-state index >= 15 is 0 Å². The molecule has 0 aliphatic carbocycles. The predicted octanol–water partition coefficient (Wildman–Crippen LogP) is 4.18. The van der Waals surface area contributed by atoms with E-state index in [1.807, 2.05) is 13.8 Å². The second kappa shape index (κ2) is 9.68. The van der Waals surface area contributed by atoms with Crippen LogP contribution in [0, 0.1) is 11.8 Å². The molecule has 0 amide bonds. The first-order valence-corrected chi connectivity index (χ1v) is 6.82. The Morgan fingerprint density at radius 3 is 2.31 bits per heavy atom. The van der Waals surface area contributed by atoms with Gasteiger partial charge in [-0.15, -0.1) is 0 Å². The lowest BCUT2D eigenvalue weighted by Crippen LogP contribution is -2.18. The van der Waals surface area contributed by atoms with Crippen LogP contribution < -0.4 is 0 Å². The Labute approximate surface area is 101 Å². The number of esters is 1. The Bertz CT molecular complexity index is 178. The van der Waals surface area contributed by atoms with Gasteiger partial charge in [0, 0.05) is 0 Å². The van der Waals surface area contributed by atoms with Gasteiger partial charge in [-0.3, -0.25) is 4.79 Å². The van der Waals surface area contributed by atoms with Crippen molar-refractivity contribution in [3.05, 3.63) is 0 Å². The van der Waals surface area contributed by atoms with Gasteiger partial charge in [0.05, 0.1) is 12.5 Å². The molecule has 0 N–H and O–H groups in total. The van der Waals surface area contributed by atoms with Crippen LogP contribution in [0.1, 0.15) is 66.2 Å². The summed E-state index contributed by atoms with van der Waals surface area (Å²) in [7, 11) is 0. The maximum atomic E-state index is 11.5. The third-order valence-corrected chi connectivity index (χ3v) is 3.27. The van der Waals surface area contributed by atoms with Gasteiger partial charge < -0.3 is 4.74 Å². The molecule has 16 heavy (non-hydrogen) atoms. The summed E-state index contributed by atoms with van der Waals surface area (Å²) in [5.41, 5.74) is 0. The van der Waals surface area contributed by atoms with Crippen LogP contribution in [0.25, 0.3) is 0 Å². The first kappa shape index (κ1) is 15.5. The van der Waals surface area contributed by atoms with E-state index in [0.29, 0.717) is 12.5 Å². The smallest absolute Gasteiger partial charge is 0.308 e. The molecular weight excluding hydrogens is 200 g/mol. The van der Waals surface area contributed by atoms with Crippen molar-refractivity contribution in [2.24, 2.45) is 11.8 Å². The molecule has 0 saturated heterocycles. The number of unbranched alkanes of at least 4 members (excludes halogenated alkanes) is 2. The van der Waals surface area contributed by atoms with Crippen molar-refractivity contribution in [3.63, 3.8) is 0 Å². The molecule has 0 bridgehead atoms. The third kappa shape index (κ3) is 6.86. The van der Waals surface area contributed by atoms with Gasteiger partial charge in [0.1, 0.15) is 0 Å². The standard InChI is InChI=1S/C14H28O2/c1-5-8-9-10-13(7-3)11-16-14(15)12(4)6-2/h12-13H,5-11H2,1-4H3. The molecule has 0 radical (unpaired) electrons. The van der Waals surface area contributed by atoms with E-state index in [1.165, 1.54) is 25.7 Å². The highest BCUT2D eigenvalue weighted by Gasteiger charge is 2.14. The van der Waals surface area contributed by atoms with Crippen molar-refractivity contribution in [1.82, 2.24) is 0 Å². The molecule has 0 aromatic rings. The van der Waals surface area contributed by atoms with E-state index in [9.17, 15) is 4.79 Å². The van der Waals surface area contributed by atoms with E-state index in [0.717, 1.165) is 12.8 Å². The molecule has 2 atom stereocenters. The Balaban J connectivity index is 3.73. The minimum atomic E-state index is -0.0311. The van der Waals surface area contributed by atoms with Gasteiger partial charge >= 0.3 is 5.97 Å². The summed E-state index contributed by atoms with van der Waals surface area (Å²) in [6.45, 7) is 8.95. The zero-order chi connectivity index (χ0) is 12.4. The van der Waals surface area contributed by atoms with Crippen molar-refractivity contribution in [3.8, 4) is 0 Å². The lowest BCUT2D eigenvalue weighted by molar-refractivity contribution is -0.149. The maximum Gasteiger partial charge on any atom is 0.308 e. The minimum Gasteiger partial charge on any atom is -0.465 e. The molecular formula is C14H28O2. The lowest BCUT2D eigenvalue weighted by Gasteiger charge is -2.16. The summed E-state index contributed by atoms with van der Waals surface area (Å²) in [6.07, 6.45) is 6.97. The third-order valence-electron chi connectivity index (χ3n) is 3.27. The Hall–Kier alpha value is -0.530. The Morgan fingerprint density at radius 1 is 1.12 bits per heavy atom. The monoisotopic (exact) mass is 228 g/mol. The molecule has 0 aliphatic heterocycles. The van der Waals surface area contributed by atoms with Crippen LogP contribution in [-0.2, 0) is 9.53 Å². The predicted molar refractivity (Wildman–Crippen MR) is 68.3 cm³/mol. The first-order chi connectivity index (χ1) is 7.65. The molecule has 0 heterocycles. The van der Waals surface area contributed by atoms with E-state index in [4.69, 9.17) is 4.74 Å². The fourth-order valence-corrected chi connectivity index (χ4v) is 1.60. The second-order valence-corrected chi connectivity index (χ2v) is 4.71.